The van der Waals surface area contributed by atoms with Crippen LogP contribution in [-0.2, 0) is 5.54 Å². The van der Waals surface area contributed by atoms with E-state index in [-0.39, 0.29) is 10.3 Å². The number of hydrogen-bond acceptors (Lipinski definition) is 3. The molecule has 1 aromatic carbocycles. The van der Waals surface area contributed by atoms with Crippen LogP contribution in [0.5, 0.6) is 0 Å². The second-order valence-electron chi connectivity index (χ2n) is 5.37. The summed E-state index contributed by atoms with van der Waals surface area (Å²) in [4.78, 5) is 0. The van der Waals surface area contributed by atoms with Gasteiger partial charge in [0.25, 0.3) is 0 Å². The lowest BCUT2D eigenvalue weighted by Crippen LogP contribution is -2.63. The van der Waals surface area contributed by atoms with E-state index in [2.05, 4.69) is 61.1 Å². The van der Waals surface area contributed by atoms with Gasteiger partial charge in [-0.1, -0.05) is 42.3 Å². The van der Waals surface area contributed by atoms with Crippen LogP contribution in [-0.4, -0.2) is 17.8 Å². The molecular weight excluding hydrogens is 216 g/mol. The highest BCUT2D eigenvalue weighted by Crippen LogP contribution is 2.31. The van der Waals surface area contributed by atoms with E-state index in [0.29, 0.717) is 0 Å². The van der Waals surface area contributed by atoms with E-state index in [0.717, 1.165) is 13.1 Å². The van der Waals surface area contributed by atoms with Crippen molar-refractivity contribution in [3.05, 3.63) is 35.9 Å². The molecular formula is C13H20N2S. The summed E-state index contributed by atoms with van der Waals surface area (Å²) in [6.07, 6.45) is 0. The molecule has 1 aliphatic rings. The van der Waals surface area contributed by atoms with E-state index in [1.807, 2.05) is 11.9 Å². The first-order chi connectivity index (χ1) is 7.52. The lowest BCUT2D eigenvalue weighted by atomic mass is 9.85. The Hall–Kier alpha value is -0.510. The second-order valence-corrected chi connectivity index (χ2v) is 7.00. The fourth-order valence-electron chi connectivity index (χ4n) is 1.72. The van der Waals surface area contributed by atoms with E-state index in [9.17, 15) is 0 Å². The predicted octanol–water partition coefficient (Wildman–Crippen LogP) is 2.52. The lowest BCUT2D eigenvalue weighted by Gasteiger charge is -2.44. The molecule has 0 spiro atoms. The van der Waals surface area contributed by atoms with Gasteiger partial charge in [-0.2, -0.15) is 0 Å². The monoisotopic (exact) mass is 236 g/mol. The van der Waals surface area contributed by atoms with Crippen LogP contribution in [0.25, 0.3) is 0 Å². The summed E-state index contributed by atoms with van der Waals surface area (Å²) in [7, 11) is 0. The van der Waals surface area contributed by atoms with E-state index in [1.165, 1.54) is 5.56 Å². The van der Waals surface area contributed by atoms with Gasteiger partial charge in [0, 0.05) is 17.8 Å². The Morgan fingerprint density at radius 1 is 1.19 bits per heavy atom. The Morgan fingerprint density at radius 3 is 2.25 bits per heavy atom. The molecule has 0 bridgehead atoms. The summed E-state index contributed by atoms with van der Waals surface area (Å²) in [5, 5.41) is 3.36. The zero-order valence-corrected chi connectivity index (χ0v) is 11.0. The molecule has 16 heavy (non-hydrogen) atoms. The molecule has 3 heteroatoms. The first kappa shape index (κ1) is 12.0. The molecule has 1 fully saturated rings. The molecule has 2 N–H and O–H groups in total. The Morgan fingerprint density at radius 2 is 1.81 bits per heavy atom. The largest absolute Gasteiger partial charge is 0.312 e. The molecule has 0 unspecified atom stereocenters. The zero-order chi connectivity index (χ0) is 11.6. The predicted molar refractivity (Wildman–Crippen MR) is 71.5 cm³/mol. The van der Waals surface area contributed by atoms with Crippen molar-refractivity contribution in [2.45, 2.75) is 31.1 Å². The molecule has 0 aromatic heterocycles. The topological polar surface area (TPSA) is 24.1 Å². The van der Waals surface area contributed by atoms with Crippen LogP contribution >= 0.6 is 11.9 Å². The van der Waals surface area contributed by atoms with Crippen LogP contribution in [0, 0.1) is 0 Å². The van der Waals surface area contributed by atoms with Crippen LogP contribution in [0.1, 0.15) is 26.3 Å². The first-order valence-electron chi connectivity index (χ1n) is 5.73. The number of nitrogens with one attached hydrogen (secondary N) is 2. The standard InChI is InChI=1S/C13H20N2S/c1-12(2,3)16-15-13(9-14-10-13)11-7-5-4-6-8-11/h4-8,14-15H,9-10H2,1-3H3. The molecule has 88 valence electrons. The van der Waals surface area contributed by atoms with Crippen molar-refractivity contribution in [3.63, 3.8) is 0 Å². The molecule has 1 saturated heterocycles. The number of hydrogen-bond donors (Lipinski definition) is 2. The minimum atomic E-state index is 0.124. The quantitative estimate of drug-likeness (QED) is 0.789. The SMILES string of the molecule is CC(C)(C)SNC1(c2ccccc2)CNC1. The molecule has 0 saturated carbocycles. The summed E-state index contributed by atoms with van der Waals surface area (Å²) in [6.45, 7) is 8.72. The highest BCUT2D eigenvalue weighted by atomic mass is 32.2. The maximum atomic E-state index is 3.64. The normalized spacial score (nSPS) is 19.2. The van der Waals surface area contributed by atoms with Gasteiger partial charge in [-0.15, -0.1) is 0 Å². The maximum Gasteiger partial charge on any atom is 0.0779 e. The minimum absolute atomic E-state index is 0.124. The molecule has 1 aliphatic heterocycles. The van der Waals surface area contributed by atoms with Crippen molar-refractivity contribution in [3.8, 4) is 0 Å². The third kappa shape index (κ3) is 2.59. The fourth-order valence-corrected chi connectivity index (χ4v) is 2.48. The average molecular weight is 236 g/mol. The third-order valence-electron chi connectivity index (χ3n) is 2.73. The fraction of sp³-hybridized carbons (Fsp3) is 0.538. The van der Waals surface area contributed by atoms with Crippen molar-refractivity contribution in [2.75, 3.05) is 13.1 Å². The van der Waals surface area contributed by atoms with E-state index < -0.39 is 0 Å². The van der Waals surface area contributed by atoms with Gasteiger partial charge >= 0.3 is 0 Å². The summed E-state index contributed by atoms with van der Waals surface area (Å²) >= 11 is 1.82. The first-order valence-corrected chi connectivity index (χ1v) is 6.55. The van der Waals surface area contributed by atoms with Gasteiger partial charge < -0.3 is 5.32 Å². The highest BCUT2D eigenvalue weighted by molar-refractivity contribution is 7.98. The molecule has 0 amide bonds. The van der Waals surface area contributed by atoms with Gasteiger partial charge in [0.05, 0.1) is 5.54 Å². The van der Waals surface area contributed by atoms with E-state index >= 15 is 0 Å². The van der Waals surface area contributed by atoms with Gasteiger partial charge in [-0.3, -0.25) is 4.72 Å². The zero-order valence-electron chi connectivity index (χ0n) is 10.2. The van der Waals surface area contributed by atoms with Gasteiger partial charge in [-0.05, 0) is 26.3 Å². The molecule has 0 atom stereocenters. The van der Waals surface area contributed by atoms with Gasteiger partial charge in [-0.25, -0.2) is 0 Å². The summed E-state index contributed by atoms with van der Waals surface area (Å²) in [5.74, 6) is 0. The molecule has 0 radical (unpaired) electrons. The van der Waals surface area contributed by atoms with Crippen molar-refractivity contribution in [2.24, 2.45) is 0 Å². The van der Waals surface area contributed by atoms with Crippen LogP contribution < -0.4 is 10.0 Å². The van der Waals surface area contributed by atoms with E-state index in [4.69, 9.17) is 0 Å². The molecule has 1 aromatic rings. The highest BCUT2D eigenvalue weighted by Gasteiger charge is 2.39. The average Bonchev–Trinajstić information content (AvgIpc) is 2.16. The van der Waals surface area contributed by atoms with Gasteiger partial charge in [0.1, 0.15) is 0 Å². The van der Waals surface area contributed by atoms with Crippen molar-refractivity contribution in [1.29, 1.82) is 0 Å². The van der Waals surface area contributed by atoms with Crippen LogP contribution in [0.2, 0.25) is 0 Å². The van der Waals surface area contributed by atoms with E-state index in [1.54, 1.807) is 0 Å². The van der Waals surface area contributed by atoms with Crippen molar-refractivity contribution in [1.82, 2.24) is 10.0 Å². The summed E-state index contributed by atoms with van der Waals surface area (Å²) < 4.78 is 3.89. The van der Waals surface area contributed by atoms with Crippen LogP contribution in [0.15, 0.2) is 30.3 Å². The minimum Gasteiger partial charge on any atom is -0.312 e. The molecule has 2 rings (SSSR count). The molecule has 0 aliphatic carbocycles. The van der Waals surface area contributed by atoms with Crippen molar-refractivity contribution < 1.29 is 0 Å². The number of rotatable bonds is 3. The molecule has 2 nitrogen and oxygen atoms in total. The Labute approximate surface area is 102 Å². The van der Waals surface area contributed by atoms with Gasteiger partial charge in [0.2, 0.25) is 0 Å². The van der Waals surface area contributed by atoms with Crippen LogP contribution in [0.4, 0.5) is 0 Å². The Kier molecular flexibility index (Phi) is 3.29. The molecule has 1 heterocycles. The second kappa shape index (κ2) is 4.40. The Bertz CT molecular complexity index is 339. The van der Waals surface area contributed by atoms with Crippen LogP contribution in [0.3, 0.4) is 0 Å². The number of benzene rings is 1. The maximum absolute atomic E-state index is 3.64. The third-order valence-corrected chi connectivity index (χ3v) is 3.84. The lowest BCUT2D eigenvalue weighted by molar-refractivity contribution is 0.263. The van der Waals surface area contributed by atoms with Gasteiger partial charge in [0.15, 0.2) is 0 Å². The smallest absolute Gasteiger partial charge is 0.0779 e. The Balaban J connectivity index is 2.09. The summed E-state index contributed by atoms with van der Waals surface area (Å²) in [6, 6.07) is 10.7. The van der Waals surface area contributed by atoms with Crippen molar-refractivity contribution >= 4 is 11.9 Å². The summed E-state index contributed by atoms with van der Waals surface area (Å²) in [5.41, 5.74) is 1.50.